The molecule has 0 bridgehead atoms. The lowest BCUT2D eigenvalue weighted by molar-refractivity contribution is -0.129. The van der Waals surface area contributed by atoms with E-state index in [9.17, 15) is 9.90 Å². The van der Waals surface area contributed by atoms with Crippen LogP contribution in [-0.4, -0.2) is 37.7 Å². The largest absolute Gasteiger partial charge is 0.496 e. The Morgan fingerprint density at radius 1 is 1.17 bits per heavy atom. The molecular formula is C17H27IO5S. The van der Waals surface area contributed by atoms with E-state index in [0.29, 0.717) is 31.0 Å². The number of hydrogen-bond donors (Lipinski definition) is 1. The summed E-state index contributed by atoms with van der Waals surface area (Å²) in [6.45, 7) is 9.03. The van der Waals surface area contributed by atoms with Gasteiger partial charge in [-0.2, -0.15) is 0 Å². The summed E-state index contributed by atoms with van der Waals surface area (Å²) in [5, 5.41) is 9.34. The number of ether oxygens (including phenoxy) is 3. The van der Waals surface area contributed by atoms with E-state index in [0.717, 1.165) is 28.0 Å². The molecule has 1 aromatic rings. The van der Waals surface area contributed by atoms with Gasteiger partial charge in [0.1, 0.15) is 18.1 Å². The molecule has 0 heterocycles. The first-order valence-corrected chi connectivity index (χ1v) is 11.4. The second-order valence-corrected chi connectivity index (χ2v) is 7.11. The first-order valence-electron chi connectivity index (χ1n) is 7.83. The van der Waals surface area contributed by atoms with Crippen molar-refractivity contribution < 1.29 is 24.1 Å². The fourth-order valence-electron chi connectivity index (χ4n) is 2.43. The van der Waals surface area contributed by atoms with Crippen LogP contribution in [0.1, 0.15) is 36.1 Å². The van der Waals surface area contributed by atoms with Crippen molar-refractivity contribution in [2.24, 2.45) is 0 Å². The van der Waals surface area contributed by atoms with Gasteiger partial charge in [0.2, 0.25) is 0 Å². The topological polar surface area (TPSA) is 65.0 Å². The molecule has 1 aromatic carbocycles. The lowest BCUT2D eigenvalue weighted by Crippen LogP contribution is -2.11. The smallest absolute Gasteiger partial charge is 0.293 e. The van der Waals surface area contributed by atoms with Crippen molar-refractivity contribution in [3.05, 3.63) is 22.3 Å². The summed E-state index contributed by atoms with van der Waals surface area (Å²) in [6, 6.07) is 0. The third-order valence-corrected chi connectivity index (χ3v) is 5.05. The number of aliphatic hydroxyl groups excluding tert-OH is 1. The first-order chi connectivity index (χ1) is 11.6. The summed E-state index contributed by atoms with van der Waals surface area (Å²) in [5.41, 5.74) is 3.55. The molecule has 0 atom stereocenters. The molecular weight excluding hydrogens is 443 g/mol. The lowest BCUT2D eigenvalue weighted by atomic mass is 9.95. The van der Waals surface area contributed by atoms with Crippen molar-refractivity contribution in [1.82, 2.24) is 0 Å². The Balaban J connectivity index is 0.00000254. The van der Waals surface area contributed by atoms with Crippen LogP contribution in [0.5, 0.6) is 11.5 Å². The summed E-state index contributed by atoms with van der Waals surface area (Å²) < 4.78 is 16.3. The van der Waals surface area contributed by atoms with Gasteiger partial charge in [0, 0.05) is 29.9 Å². The highest BCUT2D eigenvalue weighted by molar-refractivity contribution is 14.2. The Kier molecular flexibility index (Phi) is 13.2. The van der Waals surface area contributed by atoms with Gasteiger partial charge in [-0.1, -0.05) is 22.8 Å². The van der Waals surface area contributed by atoms with E-state index in [-0.39, 0.29) is 13.2 Å². The maximum Gasteiger partial charge on any atom is 0.293 e. The maximum atomic E-state index is 10.5. The summed E-state index contributed by atoms with van der Waals surface area (Å²) in [6.07, 6.45) is 0.451. The molecule has 0 aliphatic rings. The zero-order valence-electron chi connectivity index (χ0n) is 15.0. The molecule has 138 valence electrons. The second kappa shape index (κ2) is 13.6. The van der Waals surface area contributed by atoms with Crippen LogP contribution in [0, 0.1) is 13.8 Å². The highest BCUT2D eigenvalue weighted by atomic mass is 127. The number of benzene rings is 1. The predicted octanol–water partition coefficient (Wildman–Crippen LogP) is 4.01. The van der Waals surface area contributed by atoms with Crippen molar-refractivity contribution in [3.63, 3.8) is 0 Å². The van der Waals surface area contributed by atoms with E-state index >= 15 is 0 Å². The SMILES string of the molecule is CC.COc1c(C)c(COC=O)c(C)c(OCCSI)c1CCO. The lowest BCUT2D eigenvalue weighted by Gasteiger charge is -2.22. The highest BCUT2D eigenvalue weighted by Crippen LogP contribution is 2.39. The molecule has 0 aromatic heterocycles. The molecule has 0 unspecified atom stereocenters. The van der Waals surface area contributed by atoms with Gasteiger partial charge in [0.25, 0.3) is 6.47 Å². The number of hydrogen-bond acceptors (Lipinski definition) is 6. The molecule has 0 spiro atoms. The number of aliphatic hydroxyl groups is 1. The van der Waals surface area contributed by atoms with Crippen LogP contribution in [-0.2, 0) is 22.6 Å². The van der Waals surface area contributed by atoms with Crippen LogP contribution in [0.3, 0.4) is 0 Å². The van der Waals surface area contributed by atoms with Crippen molar-refractivity contribution in [2.45, 2.75) is 40.7 Å². The number of carbonyl (C=O) groups excluding carboxylic acids is 1. The van der Waals surface area contributed by atoms with Crippen LogP contribution < -0.4 is 9.47 Å². The van der Waals surface area contributed by atoms with E-state index in [2.05, 4.69) is 21.2 Å². The highest BCUT2D eigenvalue weighted by Gasteiger charge is 2.21. The summed E-state index contributed by atoms with van der Waals surface area (Å²) >= 11 is 2.22. The Labute approximate surface area is 161 Å². The molecule has 0 amide bonds. The summed E-state index contributed by atoms with van der Waals surface area (Å²) in [5.74, 6) is 2.25. The number of rotatable bonds is 10. The Morgan fingerprint density at radius 3 is 2.29 bits per heavy atom. The normalized spacial score (nSPS) is 9.79. The number of carbonyl (C=O) groups is 1. The van der Waals surface area contributed by atoms with Gasteiger partial charge >= 0.3 is 0 Å². The molecule has 1 N–H and O–H groups in total. The minimum atomic E-state index is 0.0107. The minimum Gasteiger partial charge on any atom is -0.496 e. The van der Waals surface area contributed by atoms with Crippen LogP contribution >= 0.6 is 30.1 Å². The maximum absolute atomic E-state index is 10.5. The van der Waals surface area contributed by atoms with Gasteiger partial charge in [-0.3, -0.25) is 4.79 Å². The van der Waals surface area contributed by atoms with Gasteiger partial charge in [0.05, 0.1) is 13.7 Å². The average Bonchev–Trinajstić information content (AvgIpc) is 2.60. The van der Waals surface area contributed by atoms with Crippen molar-refractivity contribution >= 4 is 36.6 Å². The van der Waals surface area contributed by atoms with E-state index < -0.39 is 0 Å². The second-order valence-electron chi connectivity index (χ2n) is 4.61. The van der Waals surface area contributed by atoms with Gasteiger partial charge in [-0.05, 0) is 46.2 Å². The zero-order valence-corrected chi connectivity index (χ0v) is 18.0. The van der Waals surface area contributed by atoms with Gasteiger partial charge < -0.3 is 19.3 Å². The molecule has 0 aliphatic heterocycles. The van der Waals surface area contributed by atoms with Gasteiger partial charge in [0.15, 0.2) is 0 Å². The quantitative estimate of drug-likeness (QED) is 0.317. The standard InChI is InChI=1S/C15H21IO5S.C2H6/c1-10-13(8-20-9-18)11(2)15(21-6-7-22-16)12(4-5-17)14(10)19-3;1-2/h9,17H,4-8H2,1-3H3;1-2H3. The van der Waals surface area contributed by atoms with E-state index in [1.54, 1.807) is 16.0 Å². The van der Waals surface area contributed by atoms with Crippen molar-refractivity contribution in [2.75, 3.05) is 26.1 Å². The molecule has 0 radical (unpaired) electrons. The molecule has 24 heavy (non-hydrogen) atoms. The van der Waals surface area contributed by atoms with Gasteiger partial charge in [-0.15, -0.1) is 0 Å². The van der Waals surface area contributed by atoms with E-state index in [1.807, 2.05) is 27.7 Å². The fraction of sp³-hybridized carbons (Fsp3) is 0.588. The molecule has 0 saturated carbocycles. The van der Waals surface area contributed by atoms with Crippen LogP contribution in [0.2, 0.25) is 0 Å². The number of methoxy groups -OCH3 is 1. The summed E-state index contributed by atoms with van der Waals surface area (Å²) in [4.78, 5) is 10.5. The molecule has 0 saturated heterocycles. The van der Waals surface area contributed by atoms with E-state index in [4.69, 9.17) is 14.2 Å². The monoisotopic (exact) mass is 470 g/mol. The predicted molar refractivity (Wildman–Crippen MR) is 107 cm³/mol. The van der Waals surface area contributed by atoms with Gasteiger partial charge in [-0.25, -0.2) is 0 Å². The third-order valence-electron chi connectivity index (χ3n) is 3.40. The molecule has 1 rings (SSSR count). The zero-order chi connectivity index (χ0) is 18.5. The Bertz CT molecular complexity index is 508. The Hall–Kier alpha value is -0.670. The average molecular weight is 470 g/mol. The molecule has 0 fully saturated rings. The number of halogens is 1. The third kappa shape index (κ3) is 6.33. The first kappa shape index (κ1) is 23.3. The summed E-state index contributed by atoms with van der Waals surface area (Å²) in [7, 11) is 3.26. The molecule has 0 aliphatic carbocycles. The van der Waals surface area contributed by atoms with Crippen LogP contribution in [0.4, 0.5) is 0 Å². The van der Waals surface area contributed by atoms with E-state index in [1.165, 1.54) is 0 Å². The van der Waals surface area contributed by atoms with Crippen LogP contribution in [0.15, 0.2) is 0 Å². The van der Waals surface area contributed by atoms with Crippen molar-refractivity contribution in [1.29, 1.82) is 0 Å². The molecule has 7 heteroatoms. The minimum absolute atomic E-state index is 0.0107. The fourth-order valence-corrected chi connectivity index (χ4v) is 3.12. The van der Waals surface area contributed by atoms with Crippen LogP contribution in [0.25, 0.3) is 0 Å². The Morgan fingerprint density at radius 2 is 1.79 bits per heavy atom. The molecule has 5 nitrogen and oxygen atoms in total. The van der Waals surface area contributed by atoms with Crippen molar-refractivity contribution in [3.8, 4) is 11.5 Å².